The van der Waals surface area contributed by atoms with Crippen molar-refractivity contribution >= 4 is 18.5 Å². The quantitative estimate of drug-likeness (QED) is 0.861. The van der Waals surface area contributed by atoms with Crippen molar-refractivity contribution in [3.63, 3.8) is 0 Å². The SMILES string of the molecule is CCCC(=O)n1nc(-c2ccccc2)nc1CS. The van der Waals surface area contributed by atoms with Crippen LogP contribution >= 0.6 is 12.6 Å². The van der Waals surface area contributed by atoms with Crippen LogP contribution in [0.3, 0.4) is 0 Å². The van der Waals surface area contributed by atoms with Gasteiger partial charge in [-0.2, -0.15) is 17.3 Å². The molecule has 0 aliphatic carbocycles. The Hall–Kier alpha value is -1.62. The topological polar surface area (TPSA) is 47.8 Å². The average molecular weight is 261 g/mol. The normalized spacial score (nSPS) is 10.6. The van der Waals surface area contributed by atoms with Crippen LogP contribution in [0.4, 0.5) is 0 Å². The Morgan fingerprint density at radius 2 is 2.06 bits per heavy atom. The van der Waals surface area contributed by atoms with Crippen LogP contribution in [0.1, 0.15) is 30.4 Å². The van der Waals surface area contributed by atoms with E-state index >= 15 is 0 Å². The van der Waals surface area contributed by atoms with Gasteiger partial charge in [0.1, 0.15) is 5.82 Å². The number of nitrogens with zero attached hydrogens (tertiary/aromatic N) is 3. The minimum absolute atomic E-state index is 0.0313. The summed E-state index contributed by atoms with van der Waals surface area (Å²) in [7, 11) is 0. The molecule has 18 heavy (non-hydrogen) atoms. The van der Waals surface area contributed by atoms with Gasteiger partial charge in [0.05, 0.1) is 5.75 Å². The van der Waals surface area contributed by atoms with Crippen LogP contribution in [0.25, 0.3) is 11.4 Å². The number of carbonyl (C=O) groups excluding carboxylic acids is 1. The van der Waals surface area contributed by atoms with Crippen molar-refractivity contribution in [2.24, 2.45) is 0 Å². The Labute approximate surface area is 111 Å². The zero-order valence-corrected chi connectivity index (χ0v) is 11.1. The second-order valence-corrected chi connectivity index (χ2v) is 4.25. The number of rotatable bonds is 4. The molecule has 0 atom stereocenters. The average Bonchev–Trinajstić information content (AvgIpc) is 2.84. The number of hydrogen-bond donors (Lipinski definition) is 1. The van der Waals surface area contributed by atoms with Gasteiger partial charge in [0.25, 0.3) is 0 Å². The van der Waals surface area contributed by atoms with Crippen molar-refractivity contribution in [1.82, 2.24) is 14.8 Å². The van der Waals surface area contributed by atoms with Gasteiger partial charge >= 0.3 is 0 Å². The van der Waals surface area contributed by atoms with E-state index in [0.717, 1.165) is 12.0 Å². The largest absolute Gasteiger partial charge is 0.273 e. The maximum Gasteiger partial charge on any atom is 0.248 e. The summed E-state index contributed by atoms with van der Waals surface area (Å²) in [4.78, 5) is 16.3. The fourth-order valence-electron chi connectivity index (χ4n) is 1.68. The summed E-state index contributed by atoms with van der Waals surface area (Å²) >= 11 is 4.19. The highest BCUT2D eigenvalue weighted by Crippen LogP contribution is 2.16. The molecule has 0 unspecified atom stereocenters. The summed E-state index contributed by atoms with van der Waals surface area (Å²) < 4.78 is 1.37. The summed E-state index contributed by atoms with van der Waals surface area (Å²) in [5.41, 5.74) is 0.906. The minimum Gasteiger partial charge on any atom is -0.273 e. The summed E-state index contributed by atoms with van der Waals surface area (Å²) in [5, 5.41) is 4.28. The first-order chi connectivity index (χ1) is 8.76. The molecule has 1 aromatic heterocycles. The maximum absolute atomic E-state index is 11.9. The van der Waals surface area contributed by atoms with Crippen molar-refractivity contribution in [3.05, 3.63) is 36.2 Å². The van der Waals surface area contributed by atoms with Gasteiger partial charge in [0.15, 0.2) is 5.82 Å². The van der Waals surface area contributed by atoms with Crippen molar-refractivity contribution in [2.45, 2.75) is 25.5 Å². The molecule has 0 radical (unpaired) electrons. The minimum atomic E-state index is -0.0313. The highest BCUT2D eigenvalue weighted by molar-refractivity contribution is 7.79. The molecule has 1 aromatic carbocycles. The van der Waals surface area contributed by atoms with Gasteiger partial charge in [-0.25, -0.2) is 4.98 Å². The Morgan fingerprint density at radius 1 is 1.33 bits per heavy atom. The fraction of sp³-hybridized carbons (Fsp3) is 0.308. The van der Waals surface area contributed by atoms with Gasteiger partial charge in [0, 0.05) is 12.0 Å². The highest BCUT2D eigenvalue weighted by Gasteiger charge is 2.15. The van der Waals surface area contributed by atoms with Crippen molar-refractivity contribution in [1.29, 1.82) is 0 Å². The molecule has 0 bridgehead atoms. The molecule has 94 valence electrons. The lowest BCUT2D eigenvalue weighted by molar-refractivity contribution is 0.0883. The van der Waals surface area contributed by atoms with Crippen LogP contribution in [-0.2, 0) is 5.75 Å². The predicted molar refractivity (Wildman–Crippen MR) is 73.7 cm³/mol. The highest BCUT2D eigenvalue weighted by atomic mass is 32.1. The molecular weight excluding hydrogens is 246 g/mol. The van der Waals surface area contributed by atoms with Gasteiger partial charge in [-0.05, 0) is 6.42 Å². The maximum atomic E-state index is 11.9. The summed E-state index contributed by atoms with van der Waals surface area (Å²) in [6.45, 7) is 1.97. The van der Waals surface area contributed by atoms with E-state index in [2.05, 4.69) is 22.7 Å². The summed E-state index contributed by atoms with van der Waals surface area (Å²) in [6.07, 6.45) is 1.27. The second kappa shape index (κ2) is 5.82. The lowest BCUT2D eigenvalue weighted by atomic mass is 10.2. The predicted octanol–water partition coefficient (Wildman–Crippen LogP) is 2.82. The molecule has 0 amide bonds. The first-order valence-corrected chi connectivity index (χ1v) is 6.55. The van der Waals surface area contributed by atoms with Crippen LogP contribution in [-0.4, -0.2) is 20.7 Å². The molecule has 0 N–H and O–H groups in total. The fourth-order valence-corrected chi connectivity index (χ4v) is 1.88. The van der Waals surface area contributed by atoms with Crippen molar-refractivity contribution < 1.29 is 4.79 Å². The lowest BCUT2D eigenvalue weighted by Gasteiger charge is -2.00. The first-order valence-electron chi connectivity index (χ1n) is 5.91. The van der Waals surface area contributed by atoms with Crippen LogP contribution < -0.4 is 0 Å². The van der Waals surface area contributed by atoms with E-state index < -0.39 is 0 Å². The monoisotopic (exact) mass is 261 g/mol. The molecule has 1 heterocycles. The molecule has 0 fully saturated rings. The zero-order chi connectivity index (χ0) is 13.0. The van der Waals surface area contributed by atoms with Gasteiger partial charge in [-0.15, -0.1) is 5.10 Å². The molecule has 0 spiro atoms. The third-order valence-corrected chi connectivity index (χ3v) is 2.83. The van der Waals surface area contributed by atoms with E-state index in [4.69, 9.17) is 0 Å². The molecule has 2 aromatic rings. The Bertz CT molecular complexity index is 536. The van der Waals surface area contributed by atoms with Crippen molar-refractivity contribution in [3.8, 4) is 11.4 Å². The van der Waals surface area contributed by atoms with E-state index in [0.29, 0.717) is 23.8 Å². The number of carbonyl (C=O) groups is 1. The molecule has 0 aliphatic rings. The molecule has 0 saturated heterocycles. The number of aromatic nitrogens is 3. The molecule has 0 saturated carbocycles. The lowest BCUT2D eigenvalue weighted by Crippen LogP contribution is -2.14. The summed E-state index contributed by atoms with van der Waals surface area (Å²) in [6, 6.07) is 9.62. The molecule has 4 nitrogen and oxygen atoms in total. The van der Waals surface area contributed by atoms with Crippen LogP contribution in [0, 0.1) is 0 Å². The van der Waals surface area contributed by atoms with Crippen LogP contribution in [0.2, 0.25) is 0 Å². The Balaban J connectivity index is 2.38. The van der Waals surface area contributed by atoms with Gasteiger partial charge < -0.3 is 0 Å². The van der Waals surface area contributed by atoms with Gasteiger partial charge in [-0.1, -0.05) is 37.3 Å². The number of hydrogen-bond acceptors (Lipinski definition) is 4. The molecule has 5 heteroatoms. The van der Waals surface area contributed by atoms with E-state index in [1.165, 1.54) is 4.68 Å². The van der Waals surface area contributed by atoms with E-state index in [1.54, 1.807) is 0 Å². The van der Waals surface area contributed by atoms with E-state index in [1.807, 2.05) is 37.3 Å². The number of thiol groups is 1. The molecule has 0 aliphatic heterocycles. The summed E-state index contributed by atoms with van der Waals surface area (Å²) in [5.74, 6) is 1.53. The van der Waals surface area contributed by atoms with Crippen LogP contribution in [0.5, 0.6) is 0 Å². The van der Waals surface area contributed by atoms with Crippen molar-refractivity contribution in [2.75, 3.05) is 0 Å². The van der Waals surface area contributed by atoms with Gasteiger partial charge in [-0.3, -0.25) is 4.79 Å². The molecular formula is C13H15N3OS. The Kier molecular flexibility index (Phi) is 4.15. The zero-order valence-electron chi connectivity index (χ0n) is 10.2. The smallest absolute Gasteiger partial charge is 0.248 e. The Morgan fingerprint density at radius 3 is 2.67 bits per heavy atom. The van der Waals surface area contributed by atoms with E-state index in [9.17, 15) is 4.79 Å². The van der Waals surface area contributed by atoms with Gasteiger partial charge in [0.2, 0.25) is 5.91 Å². The number of benzene rings is 1. The third kappa shape index (κ3) is 2.61. The third-order valence-electron chi connectivity index (χ3n) is 2.55. The first kappa shape index (κ1) is 12.8. The second-order valence-electron chi connectivity index (χ2n) is 3.93. The molecule has 2 rings (SSSR count). The van der Waals surface area contributed by atoms with Crippen LogP contribution in [0.15, 0.2) is 30.3 Å². The standard InChI is InChI=1S/C13H15N3OS/c1-2-6-12(17)16-11(9-18)14-13(15-16)10-7-4-3-5-8-10/h3-5,7-8,18H,2,6,9H2,1H3. The van der Waals surface area contributed by atoms with E-state index in [-0.39, 0.29) is 5.91 Å².